The quantitative estimate of drug-likeness (QED) is 0.534. The molecule has 3 aromatic rings. The van der Waals surface area contributed by atoms with Gasteiger partial charge in [0.1, 0.15) is 0 Å². The predicted octanol–water partition coefficient (Wildman–Crippen LogP) is 2.44. The topological polar surface area (TPSA) is 114 Å². The van der Waals surface area contributed by atoms with E-state index in [2.05, 4.69) is 30.6 Å². The molecule has 0 saturated heterocycles. The van der Waals surface area contributed by atoms with Gasteiger partial charge in [-0.25, -0.2) is 0 Å². The summed E-state index contributed by atoms with van der Waals surface area (Å²) in [4.78, 5) is 0. The van der Waals surface area contributed by atoms with Crippen molar-refractivity contribution in [3.63, 3.8) is 0 Å². The van der Waals surface area contributed by atoms with Crippen LogP contribution in [0.3, 0.4) is 0 Å². The molecule has 0 aliphatic rings. The molecule has 0 aromatic carbocycles. The van der Waals surface area contributed by atoms with Crippen molar-refractivity contribution in [1.29, 1.82) is 0 Å². The Bertz CT molecular complexity index is 553. The van der Waals surface area contributed by atoms with E-state index >= 15 is 0 Å². The van der Waals surface area contributed by atoms with Gasteiger partial charge in [-0.3, -0.25) is 15.3 Å². The van der Waals surface area contributed by atoms with Gasteiger partial charge in [-0.05, 0) is 0 Å². The number of nitrogens with one attached hydrogen (secondary N) is 3. The monoisotopic (exact) mass is 413 g/mol. The summed E-state index contributed by atoms with van der Waals surface area (Å²) in [6.45, 7) is 0. The normalized spacial score (nSPS) is 9.52. The fraction of sp³-hybridized carbons (Fsp3) is 0. The van der Waals surface area contributed by atoms with Crippen molar-refractivity contribution < 1.29 is 28.7 Å². The molecule has 3 N–H and O–H groups in total. The number of hydrogen-bond donors (Lipinski definition) is 3. The van der Waals surface area contributed by atoms with Crippen LogP contribution in [-0.4, -0.2) is 37.9 Å². The average molecular weight is 414 g/mol. The van der Waals surface area contributed by atoms with E-state index in [1.54, 1.807) is 36.8 Å². The molecule has 0 amide bonds. The van der Waals surface area contributed by atoms with E-state index in [1.807, 2.05) is 0 Å². The molecule has 0 bridgehead atoms. The standard InChI is InChI=1S/C9H9BN6O3.3ClH.Ti/c1-4-11-14-7(1)17-10(18-8-2-5-12-15-8)19-9-3-6-13-16-9;;;;/h1-6H,(H,11,14)(H,12,15)(H,13,16);3*1H;/q;;;;+3/p-3. The Kier molecular flexibility index (Phi) is 7.63. The van der Waals surface area contributed by atoms with E-state index in [0.29, 0.717) is 17.6 Å². The van der Waals surface area contributed by atoms with Crippen molar-refractivity contribution in [3.05, 3.63) is 36.8 Å². The molecule has 0 unspecified atom stereocenters. The molecule has 0 radical (unpaired) electrons. The van der Waals surface area contributed by atoms with Crippen LogP contribution in [0.25, 0.3) is 0 Å². The van der Waals surface area contributed by atoms with E-state index in [1.165, 1.54) is 0 Å². The van der Waals surface area contributed by atoms with Crippen LogP contribution >= 0.6 is 27.9 Å². The van der Waals surface area contributed by atoms with Crippen molar-refractivity contribution in [3.8, 4) is 17.6 Å². The molecule has 3 heterocycles. The first kappa shape index (κ1) is 18.0. The van der Waals surface area contributed by atoms with Crippen LogP contribution in [0.5, 0.6) is 17.6 Å². The van der Waals surface area contributed by atoms with Crippen LogP contribution in [0, 0.1) is 0 Å². The summed E-state index contributed by atoms with van der Waals surface area (Å²) in [5.74, 6) is 0.989. The first-order valence-electron chi connectivity index (χ1n) is 5.96. The zero-order chi connectivity index (χ0) is 16.5. The summed E-state index contributed by atoms with van der Waals surface area (Å²) >= 11 is -1.92. The molecule has 0 aliphatic carbocycles. The number of aromatic amines is 3. The molecule has 14 heteroatoms. The molecule has 0 atom stereocenters. The maximum atomic E-state index is 5.41. The molecule has 9 nitrogen and oxygen atoms in total. The van der Waals surface area contributed by atoms with E-state index < -0.39 is 22.0 Å². The van der Waals surface area contributed by atoms with Crippen LogP contribution in [-0.2, 0) is 14.7 Å². The van der Waals surface area contributed by atoms with E-state index in [9.17, 15) is 0 Å². The van der Waals surface area contributed by atoms with Gasteiger partial charge < -0.3 is 14.0 Å². The summed E-state index contributed by atoms with van der Waals surface area (Å²) in [6.07, 6.45) is 4.86. The molecule has 121 valence electrons. The molecule has 0 spiro atoms. The summed E-state index contributed by atoms with van der Waals surface area (Å²) in [5.41, 5.74) is 0. The minimum absolute atomic E-state index is 0.330. The number of hydrogen-bond acceptors (Lipinski definition) is 6. The summed E-state index contributed by atoms with van der Waals surface area (Å²) in [5, 5.41) is 19.4. The molecule has 0 saturated carbocycles. The van der Waals surface area contributed by atoms with Gasteiger partial charge in [0.15, 0.2) is 0 Å². The van der Waals surface area contributed by atoms with Crippen molar-refractivity contribution in [2.24, 2.45) is 0 Å². The Morgan fingerprint density at radius 2 is 1.04 bits per heavy atom. The van der Waals surface area contributed by atoms with Gasteiger partial charge in [0.05, 0.1) is 0 Å². The first-order valence-corrected chi connectivity index (χ1v) is 12.4. The Hall–Kier alpha value is -1.32. The maximum absolute atomic E-state index is 5.41. The first-order chi connectivity index (χ1) is 11.1. The van der Waals surface area contributed by atoms with Crippen LogP contribution in [0.1, 0.15) is 0 Å². The number of aromatic nitrogens is 6. The van der Waals surface area contributed by atoms with Crippen molar-refractivity contribution in [2.75, 3.05) is 0 Å². The minimum Gasteiger partial charge on any atom is -0.473 e. The third-order valence-corrected chi connectivity index (χ3v) is 2.08. The zero-order valence-electron chi connectivity index (χ0n) is 11.2. The van der Waals surface area contributed by atoms with Gasteiger partial charge in [-0.2, -0.15) is 0 Å². The summed E-state index contributed by atoms with van der Waals surface area (Å²) < 4.78 is 16.2. The summed E-state index contributed by atoms with van der Waals surface area (Å²) in [6, 6.07) is 4.90. The Labute approximate surface area is 148 Å². The van der Waals surface area contributed by atoms with Gasteiger partial charge >= 0.3 is 49.9 Å². The Morgan fingerprint density at radius 1 is 0.739 bits per heavy atom. The van der Waals surface area contributed by atoms with E-state index in [4.69, 9.17) is 41.9 Å². The SMILES string of the molecule is [Cl][Ti]([Cl])[Cl].c1cc(OB(Oc2cc[nH]n2)Oc2cc[nH]n2)n[nH]1. The molecular formula is C9H9BCl3N6O3Ti. The third kappa shape index (κ3) is 7.19. The molecule has 0 fully saturated rings. The van der Waals surface area contributed by atoms with E-state index in [-0.39, 0.29) is 0 Å². The van der Waals surface area contributed by atoms with Gasteiger partial charge in [0.25, 0.3) is 0 Å². The Morgan fingerprint density at radius 3 is 1.26 bits per heavy atom. The number of H-pyrrole nitrogens is 3. The van der Waals surface area contributed by atoms with Crippen LogP contribution in [0.4, 0.5) is 0 Å². The van der Waals surface area contributed by atoms with Crippen LogP contribution in [0.15, 0.2) is 36.8 Å². The van der Waals surface area contributed by atoms with Gasteiger partial charge in [-0.15, -0.1) is 15.3 Å². The predicted molar refractivity (Wildman–Crippen MR) is 81.0 cm³/mol. The smallest absolute Gasteiger partial charge is 0.473 e. The summed E-state index contributed by atoms with van der Waals surface area (Å²) in [7, 11) is 13.9. The molecule has 3 rings (SSSR count). The van der Waals surface area contributed by atoms with Gasteiger partial charge in [0, 0.05) is 36.8 Å². The molecule has 3 aromatic heterocycles. The van der Waals surface area contributed by atoms with E-state index in [0.717, 1.165) is 0 Å². The molecular weight excluding hydrogens is 405 g/mol. The van der Waals surface area contributed by atoms with Crippen LogP contribution in [0.2, 0.25) is 0 Å². The zero-order valence-corrected chi connectivity index (χ0v) is 15.1. The minimum atomic E-state index is -1.92. The number of rotatable bonds is 6. The molecule has 23 heavy (non-hydrogen) atoms. The van der Waals surface area contributed by atoms with Gasteiger partial charge in [-0.1, -0.05) is 0 Å². The largest absolute Gasteiger partial charge is 0.867 e. The Balaban J connectivity index is 0.000000433. The van der Waals surface area contributed by atoms with Crippen molar-refractivity contribution in [2.45, 2.75) is 0 Å². The number of nitrogens with zero attached hydrogens (tertiary/aromatic N) is 3. The third-order valence-electron chi connectivity index (χ3n) is 2.08. The van der Waals surface area contributed by atoms with Crippen molar-refractivity contribution in [1.82, 2.24) is 30.6 Å². The number of halogens is 3. The molecule has 0 aliphatic heterocycles. The second-order valence-corrected chi connectivity index (χ2v) is 11.3. The average Bonchev–Trinajstić information content (AvgIpc) is 3.20. The van der Waals surface area contributed by atoms with Crippen LogP contribution < -0.4 is 14.0 Å². The second kappa shape index (κ2) is 9.74. The maximum Gasteiger partial charge on any atom is 0.867 e. The fourth-order valence-electron chi connectivity index (χ4n) is 1.30. The second-order valence-electron chi connectivity index (χ2n) is 3.59. The van der Waals surface area contributed by atoms with Crippen molar-refractivity contribution >= 4 is 35.2 Å². The fourth-order valence-corrected chi connectivity index (χ4v) is 1.30. The van der Waals surface area contributed by atoms with Gasteiger partial charge in [0.2, 0.25) is 17.6 Å².